The number of nitrogens with one attached hydrogen (secondary N) is 2. The fraction of sp³-hybridized carbons (Fsp3) is 0.500. The Morgan fingerprint density at radius 2 is 2.32 bits per heavy atom. The van der Waals surface area contributed by atoms with Gasteiger partial charge in [-0.3, -0.25) is 19.7 Å². The molecule has 0 radical (unpaired) electrons. The van der Waals surface area contributed by atoms with E-state index < -0.39 is 17.9 Å². The molecule has 1 aromatic heterocycles. The lowest BCUT2D eigenvalue weighted by Crippen LogP contribution is -2.60. The lowest BCUT2D eigenvalue weighted by molar-refractivity contribution is -0.151. The van der Waals surface area contributed by atoms with Crippen LogP contribution in [0.15, 0.2) is 22.8 Å². The SMILES string of the molecule is CCC(C)OC(=O)CC1C(=O)NCCN1C(=S)NC(=O)c1ccco1. The molecule has 0 aliphatic carbocycles. The van der Waals surface area contributed by atoms with Crippen molar-refractivity contribution in [3.8, 4) is 0 Å². The van der Waals surface area contributed by atoms with Gasteiger partial charge in [-0.05, 0) is 37.7 Å². The highest BCUT2D eigenvalue weighted by molar-refractivity contribution is 7.80. The third kappa shape index (κ3) is 5.02. The van der Waals surface area contributed by atoms with Crippen molar-refractivity contribution in [1.82, 2.24) is 15.5 Å². The summed E-state index contributed by atoms with van der Waals surface area (Å²) in [6.07, 6.45) is 1.69. The number of hydrogen-bond donors (Lipinski definition) is 2. The molecule has 8 nitrogen and oxygen atoms in total. The van der Waals surface area contributed by atoms with Gasteiger partial charge in [0, 0.05) is 13.1 Å². The van der Waals surface area contributed by atoms with Crippen molar-refractivity contribution in [2.45, 2.75) is 38.8 Å². The molecule has 1 fully saturated rings. The van der Waals surface area contributed by atoms with Crippen LogP contribution in [-0.4, -0.2) is 53.0 Å². The zero-order valence-electron chi connectivity index (χ0n) is 14.1. The van der Waals surface area contributed by atoms with E-state index in [1.165, 1.54) is 17.2 Å². The molecule has 2 rings (SSSR count). The molecule has 2 atom stereocenters. The number of esters is 1. The van der Waals surface area contributed by atoms with Crippen LogP contribution in [0.2, 0.25) is 0 Å². The second-order valence-corrected chi connectivity index (χ2v) is 6.04. The van der Waals surface area contributed by atoms with Gasteiger partial charge in [0.05, 0.1) is 18.8 Å². The van der Waals surface area contributed by atoms with Crippen LogP contribution in [0.1, 0.15) is 37.2 Å². The second-order valence-electron chi connectivity index (χ2n) is 5.65. The molecule has 2 unspecified atom stereocenters. The number of hydrogen-bond acceptors (Lipinski definition) is 6. The fourth-order valence-electron chi connectivity index (χ4n) is 2.31. The third-order valence-corrected chi connectivity index (χ3v) is 4.16. The van der Waals surface area contributed by atoms with E-state index in [4.69, 9.17) is 21.4 Å². The van der Waals surface area contributed by atoms with E-state index in [0.717, 1.165) is 0 Å². The summed E-state index contributed by atoms with van der Waals surface area (Å²) < 4.78 is 10.2. The Balaban J connectivity index is 2.02. The van der Waals surface area contributed by atoms with Gasteiger partial charge < -0.3 is 19.4 Å². The zero-order chi connectivity index (χ0) is 18.4. The number of amides is 2. The van der Waals surface area contributed by atoms with Crippen molar-refractivity contribution in [3.63, 3.8) is 0 Å². The molecule has 1 aliphatic rings. The molecule has 0 aromatic carbocycles. The van der Waals surface area contributed by atoms with Gasteiger partial charge in [0.15, 0.2) is 10.9 Å². The molecule has 0 saturated carbocycles. The van der Waals surface area contributed by atoms with Crippen molar-refractivity contribution >= 4 is 35.1 Å². The topological polar surface area (TPSA) is 101 Å². The maximum Gasteiger partial charge on any atom is 0.308 e. The van der Waals surface area contributed by atoms with E-state index in [2.05, 4.69) is 10.6 Å². The van der Waals surface area contributed by atoms with Gasteiger partial charge in [0.1, 0.15) is 6.04 Å². The highest BCUT2D eigenvalue weighted by Gasteiger charge is 2.34. The van der Waals surface area contributed by atoms with Crippen molar-refractivity contribution in [3.05, 3.63) is 24.2 Å². The van der Waals surface area contributed by atoms with Crippen molar-refractivity contribution in [2.24, 2.45) is 0 Å². The highest BCUT2D eigenvalue weighted by Crippen LogP contribution is 2.12. The fourth-order valence-corrected chi connectivity index (χ4v) is 2.62. The summed E-state index contributed by atoms with van der Waals surface area (Å²) in [5.74, 6) is -1.22. The normalized spacial score (nSPS) is 18.2. The number of carbonyl (C=O) groups is 3. The monoisotopic (exact) mass is 367 g/mol. The van der Waals surface area contributed by atoms with Gasteiger partial charge in [-0.25, -0.2) is 0 Å². The molecule has 1 aromatic rings. The zero-order valence-corrected chi connectivity index (χ0v) is 14.9. The van der Waals surface area contributed by atoms with E-state index >= 15 is 0 Å². The Labute approximate surface area is 150 Å². The summed E-state index contributed by atoms with van der Waals surface area (Å²) in [6, 6.07) is 2.26. The summed E-state index contributed by atoms with van der Waals surface area (Å²) in [7, 11) is 0. The molecule has 9 heteroatoms. The van der Waals surface area contributed by atoms with Crippen LogP contribution in [0.5, 0.6) is 0 Å². The number of furan rings is 1. The molecule has 0 spiro atoms. The molecule has 2 N–H and O–H groups in total. The van der Waals surface area contributed by atoms with E-state index in [9.17, 15) is 14.4 Å². The van der Waals surface area contributed by atoms with E-state index in [-0.39, 0.29) is 29.3 Å². The van der Waals surface area contributed by atoms with Gasteiger partial charge in [-0.15, -0.1) is 0 Å². The largest absolute Gasteiger partial charge is 0.463 e. The second kappa shape index (κ2) is 8.61. The van der Waals surface area contributed by atoms with Crippen LogP contribution >= 0.6 is 12.2 Å². The van der Waals surface area contributed by atoms with Crippen LogP contribution in [0.4, 0.5) is 0 Å². The maximum atomic E-state index is 12.2. The number of piperazine rings is 1. The van der Waals surface area contributed by atoms with Gasteiger partial charge >= 0.3 is 5.97 Å². The molecule has 2 amide bonds. The number of nitrogens with zero attached hydrogens (tertiary/aromatic N) is 1. The molecule has 136 valence electrons. The molecular formula is C16H21N3O5S. The standard InChI is InChI=1S/C16H21N3O5S/c1-3-10(2)24-13(20)9-11-14(21)17-6-7-19(11)16(25)18-15(22)12-5-4-8-23-12/h4-5,8,10-11H,3,6-7,9H2,1-2H3,(H,17,21)(H,18,22,25). The summed E-state index contributed by atoms with van der Waals surface area (Å²) >= 11 is 5.24. The minimum Gasteiger partial charge on any atom is -0.463 e. The number of carbonyl (C=O) groups excluding carboxylic acids is 3. The van der Waals surface area contributed by atoms with E-state index in [1.54, 1.807) is 13.0 Å². The van der Waals surface area contributed by atoms with E-state index in [1.807, 2.05) is 6.92 Å². The van der Waals surface area contributed by atoms with Gasteiger partial charge in [-0.1, -0.05) is 6.92 Å². The number of ether oxygens (including phenoxy) is 1. The van der Waals surface area contributed by atoms with Crippen LogP contribution in [0.3, 0.4) is 0 Å². The summed E-state index contributed by atoms with van der Waals surface area (Å²) in [5, 5.41) is 5.28. The predicted octanol–water partition coefficient (Wildman–Crippen LogP) is 0.827. The first-order valence-corrected chi connectivity index (χ1v) is 8.45. The molecular weight excluding hydrogens is 346 g/mol. The first-order chi connectivity index (χ1) is 11.9. The third-order valence-electron chi connectivity index (χ3n) is 3.82. The lowest BCUT2D eigenvalue weighted by Gasteiger charge is -2.36. The van der Waals surface area contributed by atoms with Crippen LogP contribution in [0, 0.1) is 0 Å². The minimum absolute atomic E-state index is 0.0672. The van der Waals surface area contributed by atoms with Gasteiger partial charge in [0.2, 0.25) is 5.91 Å². The first-order valence-electron chi connectivity index (χ1n) is 8.05. The van der Waals surface area contributed by atoms with E-state index in [0.29, 0.717) is 19.5 Å². The summed E-state index contributed by atoms with van der Waals surface area (Å²) in [6.45, 7) is 4.43. The Morgan fingerprint density at radius 3 is 2.96 bits per heavy atom. The van der Waals surface area contributed by atoms with Crippen LogP contribution in [-0.2, 0) is 14.3 Å². The average molecular weight is 367 g/mol. The molecule has 1 aliphatic heterocycles. The summed E-state index contributed by atoms with van der Waals surface area (Å²) in [5.41, 5.74) is 0. The van der Waals surface area contributed by atoms with Crippen molar-refractivity contribution < 1.29 is 23.5 Å². The highest BCUT2D eigenvalue weighted by atomic mass is 32.1. The summed E-state index contributed by atoms with van der Waals surface area (Å²) in [4.78, 5) is 37.8. The Hall–Kier alpha value is -2.42. The Kier molecular flexibility index (Phi) is 6.51. The first kappa shape index (κ1) is 18.9. The van der Waals surface area contributed by atoms with Crippen molar-refractivity contribution in [2.75, 3.05) is 13.1 Å². The molecule has 0 bridgehead atoms. The quantitative estimate of drug-likeness (QED) is 0.587. The van der Waals surface area contributed by atoms with Crippen molar-refractivity contribution in [1.29, 1.82) is 0 Å². The number of rotatable bonds is 5. The van der Waals surface area contributed by atoms with Crippen LogP contribution < -0.4 is 10.6 Å². The predicted molar refractivity (Wildman–Crippen MR) is 92.7 cm³/mol. The minimum atomic E-state index is -0.824. The average Bonchev–Trinajstić information content (AvgIpc) is 3.11. The smallest absolute Gasteiger partial charge is 0.308 e. The lowest BCUT2D eigenvalue weighted by atomic mass is 10.1. The number of thiocarbonyl (C=S) groups is 1. The molecule has 1 saturated heterocycles. The Bertz CT molecular complexity index is 646. The molecule has 2 heterocycles. The van der Waals surface area contributed by atoms with Gasteiger partial charge in [-0.2, -0.15) is 0 Å². The Morgan fingerprint density at radius 1 is 1.56 bits per heavy atom. The van der Waals surface area contributed by atoms with Crippen LogP contribution in [0.25, 0.3) is 0 Å². The van der Waals surface area contributed by atoms with Gasteiger partial charge in [0.25, 0.3) is 5.91 Å². The maximum absolute atomic E-state index is 12.2. The molecule has 25 heavy (non-hydrogen) atoms.